The highest BCUT2D eigenvalue weighted by atomic mass is 15.2. The highest BCUT2D eigenvalue weighted by Gasteiger charge is 2.25. The molecule has 0 saturated heterocycles. The maximum absolute atomic E-state index is 2.93. The van der Waals surface area contributed by atoms with Crippen LogP contribution in [0.2, 0.25) is 0 Å². The van der Waals surface area contributed by atoms with Crippen molar-refractivity contribution in [3.05, 3.63) is 0 Å². The zero-order chi connectivity index (χ0) is 33.7. The maximum Gasteiger partial charge on any atom is 0.0153 e. The van der Waals surface area contributed by atoms with Gasteiger partial charge in [0.1, 0.15) is 0 Å². The van der Waals surface area contributed by atoms with Gasteiger partial charge in [-0.2, -0.15) is 0 Å². The molecule has 0 saturated carbocycles. The van der Waals surface area contributed by atoms with E-state index < -0.39 is 0 Å². The van der Waals surface area contributed by atoms with E-state index in [2.05, 4.69) is 39.5 Å². The summed E-state index contributed by atoms with van der Waals surface area (Å²) in [5.41, 5.74) is 0.370. The lowest BCUT2D eigenvalue weighted by molar-refractivity contribution is 0.102. The molecule has 0 aliphatic heterocycles. The van der Waals surface area contributed by atoms with Gasteiger partial charge in [-0.1, -0.05) is 239 Å². The van der Waals surface area contributed by atoms with Crippen LogP contribution in [0.15, 0.2) is 0 Å². The third kappa shape index (κ3) is 33.8. The summed E-state index contributed by atoms with van der Waals surface area (Å²) in [7, 11) is 0. The van der Waals surface area contributed by atoms with Gasteiger partial charge in [0.2, 0.25) is 0 Å². The van der Waals surface area contributed by atoms with Crippen molar-refractivity contribution in [3.63, 3.8) is 0 Å². The molecular formula is C45H93N. The monoisotopic (exact) mass is 648 g/mol. The van der Waals surface area contributed by atoms with Gasteiger partial charge in [-0.3, -0.25) is 4.90 Å². The summed E-state index contributed by atoms with van der Waals surface area (Å²) < 4.78 is 0. The lowest BCUT2D eigenvalue weighted by atomic mass is 9.92. The fraction of sp³-hybridized carbons (Fsp3) is 1.00. The van der Waals surface area contributed by atoms with Crippen molar-refractivity contribution in [2.24, 2.45) is 0 Å². The lowest BCUT2D eigenvalue weighted by Gasteiger charge is -2.39. The molecule has 0 rings (SSSR count). The minimum Gasteiger partial charge on any atom is -0.298 e. The second-order valence-electron chi connectivity index (χ2n) is 16.2. The molecule has 0 aromatic rings. The van der Waals surface area contributed by atoms with Crippen LogP contribution in [-0.4, -0.2) is 23.5 Å². The maximum atomic E-state index is 2.93. The molecule has 0 unspecified atom stereocenters. The molecule has 0 atom stereocenters. The van der Waals surface area contributed by atoms with Crippen LogP contribution < -0.4 is 0 Å². The Morgan fingerprint density at radius 3 is 0.696 bits per heavy atom. The van der Waals surface area contributed by atoms with Gasteiger partial charge >= 0.3 is 0 Å². The van der Waals surface area contributed by atoms with E-state index in [0.29, 0.717) is 5.54 Å². The van der Waals surface area contributed by atoms with E-state index in [9.17, 15) is 0 Å². The van der Waals surface area contributed by atoms with Crippen molar-refractivity contribution in [2.75, 3.05) is 13.1 Å². The Bertz CT molecular complexity index is 507. The second kappa shape index (κ2) is 37.8. The molecule has 0 amide bonds. The van der Waals surface area contributed by atoms with Crippen LogP contribution in [0, 0.1) is 0 Å². The van der Waals surface area contributed by atoms with Gasteiger partial charge in [0, 0.05) is 5.54 Å². The first-order chi connectivity index (χ1) is 22.6. The van der Waals surface area contributed by atoms with E-state index >= 15 is 0 Å². The van der Waals surface area contributed by atoms with E-state index in [4.69, 9.17) is 0 Å². The molecular weight excluding hydrogens is 555 g/mol. The molecule has 0 bridgehead atoms. The molecule has 0 aromatic heterocycles. The molecule has 0 heterocycles. The lowest BCUT2D eigenvalue weighted by Crippen LogP contribution is -2.45. The smallest absolute Gasteiger partial charge is 0.0153 e. The quantitative estimate of drug-likeness (QED) is 0.0598. The van der Waals surface area contributed by atoms with Crippen molar-refractivity contribution in [2.45, 2.75) is 278 Å². The van der Waals surface area contributed by atoms with E-state index in [1.54, 1.807) is 0 Å². The fourth-order valence-corrected chi connectivity index (χ4v) is 7.56. The largest absolute Gasteiger partial charge is 0.298 e. The second-order valence-corrected chi connectivity index (χ2v) is 16.2. The minimum absolute atomic E-state index is 0.370. The molecule has 0 spiro atoms. The number of unbranched alkanes of at least 4 members (excludes halogenated alkanes) is 33. The van der Waals surface area contributed by atoms with E-state index in [1.165, 1.54) is 251 Å². The zero-order valence-electron chi connectivity index (χ0n) is 33.5. The van der Waals surface area contributed by atoms with Crippen LogP contribution in [-0.2, 0) is 0 Å². The van der Waals surface area contributed by atoms with Crippen LogP contribution in [0.4, 0.5) is 0 Å². The number of nitrogens with zero attached hydrogens (tertiary/aromatic N) is 1. The average molecular weight is 648 g/mol. The normalized spacial score (nSPS) is 12.1. The first kappa shape index (κ1) is 46.0. The Balaban J connectivity index is 4.15. The highest BCUT2D eigenvalue weighted by Crippen LogP contribution is 2.25. The Morgan fingerprint density at radius 2 is 0.457 bits per heavy atom. The molecule has 1 nitrogen and oxygen atoms in total. The minimum atomic E-state index is 0.370. The Morgan fingerprint density at radius 1 is 0.261 bits per heavy atom. The molecule has 278 valence electrons. The van der Waals surface area contributed by atoms with Crippen molar-refractivity contribution < 1.29 is 0 Å². The summed E-state index contributed by atoms with van der Waals surface area (Å²) in [5.74, 6) is 0. The summed E-state index contributed by atoms with van der Waals surface area (Å²) in [6.45, 7) is 14.8. The van der Waals surface area contributed by atoms with Gasteiger partial charge in [0.25, 0.3) is 0 Å². The molecule has 0 aromatic carbocycles. The molecule has 0 aliphatic carbocycles. The molecule has 46 heavy (non-hydrogen) atoms. The molecule has 0 N–H and O–H groups in total. The van der Waals surface area contributed by atoms with Crippen LogP contribution in [0.25, 0.3) is 0 Å². The van der Waals surface area contributed by atoms with Crippen LogP contribution in [0.3, 0.4) is 0 Å². The fourth-order valence-electron chi connectivity index (χ4n) is 7.56. The Kier molecular flexibility index (Phi) is 37.7. The molecule has 0 radical (unpaired) electrons. The highest BCUT2D eigenvalue weighted by molar-refractivity contribution is 4.81. The van der Waals surface area contributed by atoms with Gasteiger partial charge in [0.05, 0.1) is 0 Å². The van der Waals surface area contributed by atoms with Gasteiger partial charge in [-0.05, 0) is 46.2 Å². The predicted octanol–water partition coefficient (Wildman–Crippen LogP) is 16.6. The van der Waals surface area contributed by atoms with E-state index in [0.717, 1.165) is 0 Å². The van der Waals surface area contributed by atoms with E-state index in [-0.39, 0.29) is 0 Å². The average Bonchev–Trinajstić information content (AvgIpc) is 3.05. The molecule has 1 heteroatoms. The zero-order valence-corrected chi connectivity index (χ0v) is 33.5. The van der Waals surface area contributed by atoms with Crippen LogP contribution in [0.1, 0.15) is 272 Å². The van der Waals surface area contributed by atoms with Crippen molar-refractivity contribution in [1.29, 1.82) is 0 Å². The summed E-state index contributed by atoms with van der Waals surface area (Å²) in [4.78, 5) is 2.93. The van der Waals surface area contributed by atoms with Crippen LogP contribution in [0.5, 0.6) is 0 Å². The van der Waals surface area contributed by atoms with Crippen molar-refractivity contribution >= 4 is 0 Å². The van der Waals surface area contributed by atoms with E-state index in [1.807, 2.05) is 0 Å². The predicted molar refractivity (Wildman–Crippen MR) is 214 cm³/mol. The standard InChI is InChI=1S/C45H93N/c1-6-9-12-15-18-21-23-25-27-29-31-34-37-40-43-46(45(4,5)42-39-36-33-20-17-14-11-8-3)44-41-38-35-32-30-28-26-24-22-19-16-13-10-7-2/h6-44H2,1-5H3. The third-order valence-corrected chi connectivity index (χ3v) is 11.1. The summed E-state index contributed by atoms with van der Waals surface area (Å²) >= 11 is 0. The van der Waals surface area contributed by atoms with Gasteiger partial charge in [-0.15, -0.1) is 0 Å². The third-order valence-electron chi connectivity index (χ3n) is 11.1. The Hall–Kier alpha value is -0.0400. The topological polar surface area (TPSA) is 3.24 Å². The summed E-state index contributed by atoms with van der Waals surface area (Å²) in [6.07, 6.45) is 53.7. The number of rotatable bonds is 40. The van der Waals surface area contributed by atoms with Crippen molar-refractivity contribution in [1.82, 2.24) is 4.90 Å². The molecule has 0 fully saturated rings. The van der Waals surface area contributed by atoms with Gasteiger partial charge in [0.15, 0.2) is 0 Å². The summed E-state index contributed by atoms with van der Waals surface area (Å²) in [6, 6.07) is 0. The first-order valence-electron chi connectivity index (χ1n) is 22.3. The SMILES string of the molecule is CCCCCCCCCCCCCCCCN(CCCCCCCCCCCCCCCC)C(C)(C)CCCCCCCCCC. The van der Waals surface area contributed by atoms with Gasteiger partial charge in [-0.25, -0.2) is 0 Å². The first-order valence-corrected chi connectivity index (χ1v) is 22.3. The molecule has 0 aliphatic rings. The number of hydrogen-bond donors (Lipinski definition) is 0. The van der Waals surface area contributed by atoms with Gasteiger partial charge < -0.3 is 0 Å². The Labute approximate surface area is 295 Å². The van der Waals surface area contributed by atoms with Crippen molar-refractivity contribution in [3.8, 4) is 0 Å². The summed E-state index contributed by atoms with van der Waals surface area (Å²) in [5, 5.41) is 0. The number of hydrogen-bond acceptors (Lipinski definition) is 1. The van der Waals surface area contributed by atoms with Crippen LogP contribution >= 0.6 is 0 Å².